The van der Waals surface area contributed by atoms with Crippen LogP contribution in [0.5, 0.6) is 0 Å². The second-order valence-electron chi connectivity index (χ2n) is 8.69. The van der Waals surface area contributed by atoms with Gasteiger partial charge in [0.1, 0.15) is 0 Å². The Bertz CT molecular complexity index is 1210. The van der Waals surface area contributed by atoms with Crippen LogP contribution in [0.4, 0.5) is 17.1 Å². The zero-order chi connectivity index (χ0) is 23.5. The van der Waals surface area contributed by atoms with E-state index in [2.05, 4.69) is 28.8 Å². The van der Waals surface area contributed by atoms with Crippen LogP contribution in [0.3, 0.4) is 0 Å². The first-order chi connectivity index (χ1) is 15.1. The molecule has 1 amide bonds. The molecule has 2 N–H and O–H groups in total. The summed E-state index contributed by atoms with van der Waals surface area (Å²) in [7, 11) is -3.81. The lowest BCUT2D eigenvalue weighted by Crippen LogP contribution is -2.27. The van der Waals surface area contributed by atoms with Crippen LogP contribution in [0.25, 0.3) is 10.8 Å². The molecule has 0 bridgehead atoms. The maximum absolute atomic E-state index is 13.2. The minimum absolute atomic E-state index is 0.106. The average Bonchev–Trinajstić information content (AvgIpc) is 2.75. The number of amides is 1. The zero-order valence-electron chi connectivity index (χ0n) is 19.3. The number of nitrogens with one attached hydrogen (secondary N) is 2. The molecule has 6 nitrogen and oxygen atoms in total. The predicted octanol–water partition coefficient (Wildman–Crippen LogP) is 5.47. The monoisotopic (exact) mass is 453 g/mol. The van der Waals surface area contributed by atoms with Crippen molar-refractivity contribution in [2.45, 2.75) is 39.5 Å². The number of fused-ring (bicyclic) bond motifs is 1. The van der Waals surface area contributed by atoms with E-state index in [0.29, 0.717) is 16.8 Å². The van der Waals surface area contributed by atoms with Gasteiger partial charge in [-0.05, 0) is 50.2 Å². The fourth-order valence-corrected chi connectivity index (χ4v) is 4.75. The Morgan fingerprint density at radius 1 is 0.844 bits per heavy atom. The van der Waals surface area contributed by atoms with Gasteiger partial charge in [0.25, 0.3) is 10.0 Å². The molecule has 0 heterocycles. The standard InChI is InChI=1S/C25H31N3O3S/c1-6-28(7-2)22-16-17-23(21-11-9-8-10-20(21)22)32(30,31)27-19-14-12-18(13-15-19)26-24(29)25(3,4)5/h8-17,27H,6-7H2,1-5H3,(H,26,29). The van der Waals surface area contributed by atoms with Gasteiger partial charge in [-0.3, -0.25) is 9.52 Å². The van der Waals surface area contributed by atoms with Gasteiger partial charge in [-0.2, -0.15) is 0 Å². The van der Waals surface area contributed by atoms with Gasteiger partial charge in [0.2, 0.25) is 5.91 Å². The lowest BCUT2D eigenvalue weighted by atomic mass is 9.95. The molecule has 0 atom stereocenters. The van der Waals surface area contributed by atoms with E-state index < -0.39 is 15.4 Å². The van der Waals surface area contributed by atoms with Crippen molar-refractivity contribution in [2.24, 2.45) is 5.41 Å². The van der Waals surface area contributed by atoms with Gasteiger partial charge in [-0.1, -0.05) is 45.0 Å². The number of sulfonamides is 1. The topological polar surface area (TPSA) is 78.5 Å². The zero-order valence-corrected chi connectivity index (χ0v) is 20.1. The van der Waals surface area contributed by atoms with Gasteiger partial charge in [0.15, 0.2) is 0 Å². The third-order valence-electron chi connectivity index (χ3n) is 5.33. The number of hydrogen-bond acceptors (Lipinski definition) is 4. The summed E-state index contributed by atoms with van der Waals surface area (Å²) in [4.78, 5) is 14.6. The Morgan fingerprint density at radius 3 is 1.97 bits per heavy atom. The van der Waals surface area contributed by atoms with Crippen molar-refractivity contribution in [3.05, 3.63) is 60.7 Å². The molecule has 170 valence electrons. The van der Waals surface area contributed by atoms with Crippen LogP contribution in [-0.4, -0.2) is 27.4 Å². The third-order valence-corrected chi connectivity index (χ3v) is 6.77. The van der Waals surface area contributed by atoms with Crippen molar-refractivity contribution in [3.8, 4) is 0 Å². The molecular formula is C25H31N3O3S. The highest BCUT2D eigenvalue weighted by Gasteiger charge is 2.22. The Hall–Kier alpha value is -3.06. The Kier molecular flexibility index (Phi) is 6.79. The van der Waals surface area contributed by atoms with Crippen LogP contribution >= 0.6 is 0 Å². The number of rotatable bonds is 7. The molecule has 0 spiro atoms. The van der Waals surface area contributed by atoms with Gasteiger partial charge in [0, 0.05) is 46.3 Å². The highest BCUT2D eigenvalue weighted by Crippen LogP contribution is 2.32. The normalized spacial score (nSPS) is 11.9. The van der Waals surface area contributed by atoms with Gasteiger partial charge >= 0.3 is 0 Å². The highest BCUT2D eigenvalue weighted by atomic mass is 32.2. The van der Waals surface area contributed by atoms with Crippen molar-refractivity contribution >= 4 is 43.8 Å². The van der Waals surface area contributed by atoms with E-state index in [9.17, 15) is 13.2 Å². The summed E-state index contributed by atoms with van der Waals surface area (Å²) in [6.45, 7) is 11.3. The molecule has 7 heteroatoms. The van der Waals surface area contributed by atoms with Crippen LogP contribution in [-0.2, 0) is 14.8 Å². The molecule has 0 aliphatic carbocycles. The van der Waals surface area contributed by atoms with Crippen molar-refractivity contribution in [1.82, 2.24) is 0 Å². The van der Waals surface area contributed by atoms with Crippen LogP contribution in [0, 0.1) is 5.41 Å². The van der Waals surface area contributed by atoms with Crippen LogP contribution in [0.15, 0.2) is 65.6 Å². The van der Waals surface area contributed by atoms with E-state index in [1.807, 2.05) is 51.1 Å². The number of carbonyl (C=O) groups excluding carboxylic acids is 1. The van der Waals surface area contributed by atoms with E-state index in [1.165, 1.54) is 0 Å². The third kappa shape index (κ3) is 5.05. The maximum atomic E-state index is 13.2. The second-order valence-corrected chi connectivity index (χ2v) is 10.3. The van der Waals surface area contributed by atoms with E-state index >= 15 is 0 Å². The summed E-state index contributed by atoms with van der Waals surface area (Å²) in [5.74, 6) is -0.106. The Balaban J connectivity index is 1.91. The van der Waals surface area contributed by atoms with Crippen LogP contribution in [0.1, 0.15) is 34.6 Å². The molecule has 0 aromatic heterocycles. The van der Waals surface area contributed by atoms with Crippen molar-refractivity contribution in [2.75, 3.05) is 28.0 Å². The van der Waals surface area contributed by atoms with Gasteiger partial charge in [-0.15, -0.1) is 0 Å². The number of anilines is 3. The second kappa shape index (κ2) is 9.20. The summed E-state index contributed by atoms with van der Waals surface area (Å²) < 4.78 is 29.1. The number of nitrogens with zero attached hydrogens (tertiary/aromatic N) is 1. The minimum atomic E-state index is -3.81. The molecule has 3 aromatic rings. The van der Waals surface area contributed by atoms with Crippen molar-refractivity contribution in [3.63, 3.8) is 0 Å². The number of benzene rings is 3. The summed E-state index contributed by atoms with van der Waals surface area (Å²) in [6.07, 6.45) is 0. The minimum Gasteiger partial charge on any atom is -0.372 e. The molecule has 0 saturated carbocycles. The molecule has 0 saturated heterocycles. The van der Waals surface area contributed by atoms with Crippen LogP contribution < -0.4 is 14.9 Å². The highest BCUT2D eigenvalue weighted by molar-refractivity contribution is 7.93. The first kappa shape index (κ1) is 23.6. The first-order valence-corrected chi connectivity index (χ1v) is 12.3. The average molecular weight is 454 g/mol. The van der Waals surface area contributed by atoms with Gasteiger partial charge in [0.05, 0.1) is 4.90 Å². The fourth-order valence-electron chi connectivity index (χ4n) is 3.48. The quantitative estimate of drug-likeness (QED) is 0.497. The van der Waals surface area contributed by atoms with Gasteiger partial charge < -0.3 is 10.2 Å². The van der Waals surface area contributed by atoms with E-state index in [-0.39, 0.29) is 10.8 Å². The number of carbonyl (C=O) groups is 1. The lowest BCUT2D eigenvalue weighted by molar-refractivity contribution is -0.123. The molecule has 3 rings (SSSR count). The summed E-state index contributed by atoms with van der Waals surface area (Å²) >= 11 is 0. The fraction of sp³-hybridized carbons (Fsp3) is 0.320. The SMILES string of the molecule is CCN(CC)c1ccc(S(=O)(=O)Nc2ccc(NC(=O)C(C)(C)C)cc2)c2ccccc12. The molecule has 0 fully saturated rings. The summed E-state index contributed by atoms with van der Waals surface area (Å²) in [6, 6.07) is 17.7. The smallest absolute Gasteiger partial charge is 0.262 e. The van der Waals surface area contributed by atoms with E-state index in [0.717, 1.165) is 24.2 Å². The van der Waals surface area contributed by atoms with E-state index in [4.69, 9.17) is 0 Å². The molecular weight excluding hydrogens is 422 g/mol. The van der Waals surface area contributed by atoms with Crippen molar-refractivity contribution in [1.29, 1.82) is 0 Å². The first-order valence-electron chi connectivity index (χ1n) is 10.8. The Labute approximate surface area is 190 Å². The molecule has 0 aliphatic rings. The predicted molar refractivity (Wildman–Crippen MR) is 133 cm³/mol. The maximum Gasteiger partial charge on any atom is 0.262 e. The Morgan fingerprint density at radius 2 is 1.41 bits per heavy atom. The number of hydrogen-bond donors (Lipinski definition) is 2. The van der Waals surface area contributed by atoms with E-state index in [1.54, 1.807) is 30.3 Å². The largest absolute Gasteiger partial charge is 0.372 e. The molecule has 0 aliphatic heterocycles. The molecule has 0 radical (unpaired) electrons. The summed E-state index contributed by atoms with van der Waals surface area (Å²) in [5.41, 5.74) is 1.54. The van der Waals surface area contributed by atoms with Crippen molar-refractivity contribution < 1.29 is 13.2 Å². The molecule has 0 unspecified atom stereocenters. The van der Waals surface area contributed by atoms with Gasteiger partial charge in [-0.25, -0.2) is 8.42 Å². The lowest BCUT2D eigenvalue weighted by Gasteiger charge is -2.24. The molecule has 3 aromatic carbocycles. The molecule has 32 heavy (non-hydrogen) atoms. The van der Waals surface area contributed by atoms with Crippen LogP contribution in [0.2, 0.25) is 0 Å². The summed E-state index contributed by atoms with van der Waals surface area (Å²) in [5, 5.41) is 4.42.